The average Bonchev–Trinajstić information content (AvgIpc) is 2.26. The van der Waals surface area contributed by atoms with Gasteiger partial charge in [0.1, 0.15) is 5.75 Å². The monoisotopic (exact) mass is 224 g/mol. The van der Waals surface area contributed by atoms with Crippen molar-refractivity contribution < 1.29 is 19.4 Å². The maximum Gasteiger partial charge on any atom is 0.333 e. The molecule has 0 fully saturated rings. The van der Waals surface area contributed by atoms with Crippen LogP contribution in [-0.4, -0.2) is 24.2 Å². The standard InChI is InChI=1S/C10H12N2O4/c1-16-9(14)8(12-10(11)15)6-2-4-7(13)5-3-6/h2-5,8,13H,1H3,(H3,11,12,15). The summed E-state index contributed by atoms with van der Waals surface area (Å²) in [5.74, 6) is -0.573. The van der Waals surface area contributed by atoms with Crippen LogP contribution in [0.5, 0.6) is 5.75 Å². The second-order valence-electron chi connectivity index (χ2n) is 3.06. The van der Waals surface area contributed by atoms with E-state index in [0.717, 1.165) is 0 Å². The number of primary amides is 1. The molecular weight excluding hydrogens is 212 g/mol. The zero-order valence-corrected chi connectivity index (χ0v) is 8.64. The summed E-state index contributed by atoms with van der Waals surface area (Å²) >= 11 is 0. The van der Waals surface area contributed by atoms with Gasteiger partial charge in [0.25, 0.3) is 0 Å². The molecule has 4 N–H and O–H groups in total. The van der Waals surface area contributed by atoms with Gasteiger partial charge in [0, 0.05) is 0 Å². The SMILES string of the molecule is COC(=O)C(NC(N)=O)c1ccc(O)cc1. The molecule has 0 heterocycles. The lowest BCUT2D eigenvalue weighted by atomic mass is 10.1. The van der Waals surface area contributed by atoms with Crippen LogP contribution < -0.4 is 11.1 Å². The number of phenolic OH excluding ortho intramolecular Hbond substituents is 1. The summed E-state index contributed by atoms with van der Waals surface area (Å²) in [6.07, 6.45) is 0. The molecule has 1 atom stereocenters. The Labute approximate surface area is 92.0 Å². The largest absolute Gasteiger partial charge is 0.508 e. The number of phenols is 1. The summed E-state index contributed by atoms with van der Waals surface area (Å²) in [7, 11) is 1.21. The van der Waals surface area contributed by atoms with Crippen LogP contribution in [0.15, 0.2) is 24.3 Å². The Bertz CT molecular complexity index is 388. The highest BCUT2D eigenvalue weighted by atomic mass is 16.5. The van der Waals surface area contributed by atoms with Gasteiger partial charge in [-0.1, -0.05) is 12.1 Å². The van der Waals surface area contributed by atoms with E-state index < -0.39 is 18.0 Å². The number of urea groups is 1. The maximum atomic E-state index is 11.4. The van der Waals surface area contributed by atoms with E-state index in [1.54, 1.807) is 0 Å². The fraction of sp³-hybridized carbons (Fsp3) is 0.200. The predicted molar refractivity (Wildman–Crippen MR) is 55.6 cm³/mol. The number of hydrogen-bond donors (Lipinski definition) is 3. The molecule has 0 saturated carbocycles. The first-order valence-electron chi connectivity index (χ1n) is 4.47. The van der Waals surface area contributed by atoms with Crippen LogP contribution in [0.1, 0.15) is 11.6 Å². The summed E-state index contributed by atoms with van der Waals surface area (Å²) in [6, 6.07) is 3.98. The molecule has 6 nitrogen and oxygen atoms in total. The Hall–Kier alpha value is -2.24. The van der Waals surface area contributed by atoms with Gasteiger partial charge in [0.05, 0.1) is 7.11 Å². The first-order valence-corrected chi connectivity index (χ1v) is 4.47. The third-order valence-corrected chi connectivity index (χ3v) is 1.95. The van der Waals surface area contributed by atoms with Gasteiger partial charge in [-0.25, -0.2) is 9.59 Å². The Kier molecular flexibility index (Phi) is 3.71. The number of benzene rings is 1. The van der Waals surface area contributed by atoms with Crippen molar-refractivity contribution in [1.82, 2.24) is 5.32 Å². The number of esters is 1. The van der Waals surface area contributed by atoms with Crippen molar-refractivity contribution in [1.29, 1.82) is 0 Å². The van der Waals surface area contributed by atoms with Crippen LogP contribution in [0.2, 0.25) is 0 Å². The van der Waals surface area contributed by atoms with Gasteiger partial charge in [0.15, 0.2) is 6.04 Å². The molecule has 0 aliphatic rings. The topological polar surface area (TPSA) is 102 Å². The minimum Gasteiger partial charge on any atom is -0.508 e. The number of amides is 2. The van der Waals surface area contributed by atoms with Crippen LogP contribution >= 0.6 is 0 Å². The molecule has 0 radical (unpaired) electrons. The van der Waals surface area contributed by atoms with Gasteiger partial charge in [-0.2, -0.15) is 0 Å². The summed E-state index contributed by atoms with van der Waals surface area (Å²) in [6.45, 7) is 0. The molecule has 1 rings (SSSR count). The molecule has 1 unspecified atom stereocenters. The molecule has 86 valence electrons. The minimum atomic E-state index is -0.969. The third kappa shape index (κ3) is 2.88. The zero-order chi connectivity index (χ0) is 12.1. The third-order valence-electron chi connectivity index (χ3n) is 1.95. The van der Waals surface area contributed by atoms with Crippen LogP contribution in [0.3, 0.4) is 0 Å². The molecule has 0 bridgehead atoms. The second kappa shape index (κ2) is 5.01. The number of methoxy groups -OCH3 is 1. The van der Waals surface area contributed by atoms with E-state index in [4.69, 9.17) is 10.8 Å². The van der Waals surface area contributed by atoms with Crippen molar-refractivity contribution in [2.24, 2.45) is 5.73 Å². The molecule has 0 aromatic heterocycles. The summed E-state index contributed by atoms with van der Waals surface area (Å²) < 4.78 is 4.53. The predicted octanol–water partition coefficient (Wildman–Crippen LogP) is 0.275. The van der Waals surface area contributed by atoms with Gasteiger partial charge in [-0.15, -0.1) is 0 Å². The number of carbonyl (C=O) groups excluding carboxylic acids is 2. The fourth-order valence-corrected chi connectivity index (χ4v) is 1.21. The van der Waals surface area contributed by atoms with Crippen molar-refractivity contribution in [3.8, 4) is 5.75 Å². The van der Waals surface area contributed by atoms with Crippen LogP contribution in [-0.2, 0) is 9.53 Å². The molecule has 0 saturated heterocycles. The highest BCUT2D eigenvalue weighted by Crippen LogP contribution is 2.17. The molecule has 1 aromatic carbocycles. The number of aromatic hydroxyl groups is 1. The molecular formula is C10H12N2O4. The fourth-order valence-electron chi connectivity index (χ4n) is 1.21. The van der Waals surface area contributed by atoms with Crippen molar-refractivity contribution in [3.05, 3.63) is 29.8 Å². The number of nitrogens with one attached hydrogen (secondary N) is 1. The number of carbonyl (C=O) groups is 2. The van der Waals surface area contributed by atoms with E-state index in [9.17, 15) is 9.59 Å². The Morgan fingerprint density at radius 1 is 1.38 bits per heavy atom. The van der Waals surface area contributed by atoms with Crippen LogP contribution in [0.4, 0.5) is 4.79 Å². The van der Waals surface area contributed by atoms with Crippen molar-refractivity contribution >= 4 is 12.0 Å². The van der Waals surface area contributed by atoms with Crippen molar-refractivity contribution in [2.75, 3.05) is 7.11 Å². The molecule has 1 aromatic rings. The molecule has 2 amide bonds. The maximum absolute atomic E-state index is 11.4. The van der Waals surface area contributed by atoms with Gasteiger partial charge < -0.3 is 20.9 Å². The van der Waals surface area contributed by atoms with Gasteiger partial charge in [0.2, 0.25) is 0 Å². The lowest BCUT2D eigenvalue weighted by molar-refractivity contribution is -0.143. The minimum absolute atomic E-state index is 0.0615. The van der Waals surface area contributed by atoms with E-state index >= 15 is 0 Å². The van der Waals surface area contributed by atoms with E-state index in [1.165, 1.54) is 31.4 Å². The Morgan fingerprint density at radius 3 is 2.38 bits per heavy atom. The first-order chi connectivity index (χ1) is 7.54. The Morgan fingerprint density at radius 2 is 1.94 bits per heavy atom. The van der Waals surface area contributed by atoms with Gasteiger partial charge >= 0.3 is 12.0 Å². The van der Waals surface area contributed by atoms with E-state index in [-0.39, 0.29) is 5.75 Å². The quantitative estimate of drug-likeness (QED) is 0.641. The lowest BCUT2D eigenvalue weighted by Gasteiger charge is -2.15. The van der Waals surface area contributed by atoms with Crippen molar-refractivity contribution in [3.63, 3.8) is 0 Å². The Balaban J connectivity index is 2.96. The molecule has 6 heteroatoms. The lowest BCUT2D eigenvalue weighted by Crippen LogP contribution is -2.37. The van der Waals surface area contributed by atoms with Gasteiger partial charge in [-0.05, 0) is 17.7 Å². The highest BCUT2D eigenvalue weighted by molar-refractivity contribution is 5.83. The van der Waals surface area contributed by atoms with E-state index in [0.29, 0.717) is 5.56 Å². The molecule has 0 aliphatic heterocycles. The second-order valence-corrected chi connectivity index (χ2v) is 3.06. The zero-order valence-electron chi connectivity index (χ0n) is 8.64. The normalized spacial score (nSPS) is 11.6. The van der Waals surface area contributed by atoms with E-state index in [2.05, 4.69) is 10.1 Å². The smallest absolute Gasteiger partial charge is 0.333 e. The number of hydrogen-bond acceptors (Lipinski definition) is 4. The summed E-state index contributed by atoms with van der Waals surface area (Å²) in [4.78, 5) is 22.1. The van der Waals surface area contributed by atoms with Gasteiger partial charge in [-0.3, -0.25) is 0 Å². The number of nitrogens with two attached hydrogens (primary N) is 1. The molecule has 16 heavy (non-hydrogen) atoms. The van der Waals surface area contributed by atoms with Crippen molar-refractivity contribution in [2.45, 2.75) is 6.04 Å². The summed E-state index contributed by atoms with van der Waals surface area (Å²) in [5, 5.41) is 11.3. The summed E-state index contributed by atoms with van der Waals surface area (Å²) in [5.41, 5.74) is 5.42. The van der Waals surface area contributed by atoms with Crippen LogP contribution in [0, 0.1) is 0 Å². The van der Waals surface area contributed by atoms with E-state index in [1.807, 2.05) is 0 Å². The first kappa shape index (κ1) is 11.8. The number of ether oxygens (including phenoxy) is 1. The van der Waals surface area contributed by atoms with Crippen LogP contribution in [0.25, 0.3) is 0 Å². The molecule has 0 spiro atoms. The number of rotatable bonds is 3. The highest BCUT2D eigenvalue weighted by Gasteiger charge is 2.22. The average molecular weight is 224 g/mol. The molecule has 0 aliphatic carbocycles.